The molecule has 8 heteroatoms. The molecule has 1 atom stereocenters. The molecule has 0 spiro atoms. The molecular formula is C16H18N6O2. The molecule has 2 heterocycles. The van der Waals surface area contributed by atoms with Crippen LogP contribution in [0.25, 0.3) is 11.3 Å². The van der Waals surface area contributed by atoms with Crippen molar-refractivity contribution in [2.45, 2.75) is 19.5 Å². The second-order valence-corrected chi connectivity index (χ2v) is 5.38. The first-order valence-electron chi connectivity index (χ1n) is 7.48. The Morgan fingerprint density at radius 1 is 1.38 bits per heavy atom. The monoisotopic (exact) mass is 326 g/mol. The fourth-order valence-electron chi connectivity index (χ4n) is 2.39. The highest BCUT2D eigenvalue weighted by Gasteiger charge is 2.17. The van der Waals surface area contributed by atoms with Crippen molar-refractivity contribution in [3.63, 3.8) is 0 Å². The molecule has 0 saturated carbocycles. The second-order valence-electron chi connectivity index (χ2n) is 5.38. The van der Waals surface area contributed by atoms with Crippen LogP contribution in [0.3, 0.4) is 0 Å². The molecule has 0 aliphatic rings. The first-order valence-corrected chi connectivity index (χ1v) is 7.48. The zero-order valence-electron chi connectivity index (χ0n) is 13.4. The number of hydrogen-bond acceptors (Lipinski definition) is 5. The third-order valence-corrected chi connectivity index (χ3v) is 3.57. The van der Waals surface area contributed by atoms with Gasteiger partial charge in [-0.3, -0.25) is 14.6 Å². The van der Waals surface area contributed by atoms with Gasteiger partial charge in [-0.2, -0.15) is 10.2 Å². The van der Waals surface area contributed by atoms with Gasteiger partial charge in [0.15, 0.2) is 0 Å². The quantitative estimate of drug-likeness (QED) is 0.715. The molecule has 8 nitrogen and oxygen atoms in total. The number of hydrogen-bond donors (Lipinski definition) is 2. The first-order chi connectivity index (χ1) is 11.7. The summed E-state index contributed by atoms with van der Waals surface area (Å²) in [5.74, 6) is 0.563. The highest BCUT2D eigenvalue weighted by molar-refractivity contribution is 5.99. The van der Waals surface area contributed by atoms with E-state index in [2.05, 4.69) is 25.6 Å². The first kappa shape index (κ1) is 15.7. The lowest BCUT2D eigenvalue weighted by atomic mass is 10.1. The van der Waals surface area contributed by atoms with Crippen LogP contribution in [0, 0.1) is 0 Å². The zero-order chi connectivity index (χ0) is 16.9. The van der Waals surface area contributed by atoms with Crippen molar-refractivity contribution < 1.29 is 9.53 Å². The van der Waals surface area contributed by atoms with Gasteiger partial charge in [0.2, 0.25) is 0 Å². The zero-order valence-corrected chi connectivity index (χ0v) is 13.4. The van der Waals surface area contributed by atoms with Crippen LogP contribution in [0.5, 0.6) is 5.75 Å². The maximum absolute atomic E-state index is 12.5. The van der Waals surface area contributed by atoms with Crippen molar-refractivity contribution >= 4 is 5.91 Å². The van der Waals surface area contributed by atoms with Crippen molar-refractivity contribution in [1.29, 1.82) is 0 Å². The number of aromatic amines is 1. The lowest BCUT2D eigenvalue weighted by molar-refractivity contribution is 0.0936. The number of benzene rings is 1. The van der Waals surface area contributed by atoms with Crippen LogP contribution in [-0.4, -0.2) is 44.0 Å². The van der Waals surface area contributed by atoms with Gasteiger partial charge in [0.25, 0.3) is 5.91 Å². The van der Waals surface area contributed by atoms with E-state index in [0.29, 0.717) is 17.8 Å². The molecule has 1 amide bonds. The molecule has 3 aromatic rings. The number of H-pyrrole nitrogens is 1. The molecule has 0 bridgehead atoms. The van der Waals surface area contributed by atoms with Gasteiger partial charge in [0.1, 0.15) is 18.4 Å². The Bertz CT molecular complexity index is 794. The van der Waals surface area contributed by atoms with Crippen molar-refractivity contribution in [2.24, 2.45) is 0 Å². The summed E-state index contributed by atoms with van der Waals surface area (Å²) in [5.41, 5.74) is 2.02. The highest BCUT2D eigenvalue weighted by Crippen LogP contribution is 2.23. The van der Waals surface area contributed by atoms with Crippen molar-refractivity contribution in [3.8, 4) is 17.0 Å². The molecule has 24 heavy (non-hydrogen) atoms. The maximum atomic E-state index is 12.5. The number of methoxy groups -OCH3 is 1. The summed E-state index contributed by atoms with van der Waals surface area (Å²) in [5, 5.41) is 13.9. The molecule has 0 aliphatic carbocycles. The molecule has 0 fully saturated rings. The van der Waals surface area contributed by atoms with Crippen LogP contribution in [-0.2, 0) is 6.54 Å². The normalized spacial score (nSPS) is 11.9. The fourth-order valence-corrected chi connectivity index (χ4v) is 2.39. The topological polar surface area (TPSA) is 97.7 Å². The molecule has 2 N–H and O–H groups in total. The number of aromatic nitrogens is 5. The van der Waals surface area contributed by atoms with E-state index < -0.39 is 0 Å². The van der Waals surface area contributed by atoms with Gasteiger partial charge in [-0.05, 0) is 31.2 Å². The van der Waals surface area contributed by atoms with Gasteiger partial charge >= 0.3 is 0 Å². The van der Waals surface area contributed by atoms with Crippen LogP contribution in [0.2, 0.25) is 0 Å². The van der Waals surface area contributed by atoms with Crippen LogP contribution >= 0.6 is 0 Å². The molecule has 0 radical (unpaired) electrons. The molecule has 124 valence electrons. The van der Waals surface area contributed by atoms with Gasteiger partial charge in [0.05, 0.1) is 31.1 Å². The summed E-state index contributed by atoms with van der Waals surface area (Å²) in [6, 6.07) is 7.33. The van der Waals surface area contributed by atoms with Crippen molar-refractivity contribution in [1.82, 2.24) is 30.3 Å². The van der Waals surface area contributed by atoms with Gasteiger partial charge < -0.3 is 10.1 Å². The van der Waals surface area contributed by atoms with Crippen LogP contribution in [0.15, 0.2) is 43.1 Å². The summed E-state index contributed by atoms with van der Waals surface area (Å²) >= 11 is 0. The van der Waals surface area contributed by atoms with Gasteiger partial charge in [-0.15, -0.1) is 0 Å². The number of nitrogens with one attached hydrogen (secondary N) is 2. The van der Waals surface area contributed by atoms with E-state index in [9.17, 15) is 4.79 Å². The highest BCUT2D eigenvalue weighted by atomic mass is 16.5. The summed E-state index contributed by atoms with van der Waals surface area (Å²) in [6.45, 7) is 2.45. The molecular weight excluding hydrogens is 308 g/mol. The summed E-state index contributed by atoms with van der Waals surface area (Å²) in [4.78, 5) is 16.4. The molecule has 3 rings (SSSR count). The van der Waals surface area contributed by atoms with Gasteiger partial charge in [-0.25, -0.2) is 4.98 Å². The van der Waals surface area contributed by atoms with Crippen molar-refractivity contribution in [2.75, 3.05) is 7.11 Å². The lowest BCUT2D eigenvalue weighted by Gasteiger charge is -2.13. The number of amides is 1. The Labute approximate surface area is 138 Å². The van der Waals surface area contributed by atoms with E-state index in [1.54, 1.807) is 18.1 Å². The van der Waals surface area contributed by atoms with E-state index in [0.717, 1.165) is 11.3 Å². The molecule has 0 aliphatic heterocycles. The minimum Gasteiger partial charge on any atom is -0.497 e. The molecule has 1 aromatic carbocycles. The smallest absolute Gasteiger partial charge is 0.255 e. The predicted molar refractivity (Wildman–Crippen MR) is 87.5 cm³/mol. The average Bonchev–Trinajstić information content (AvgIpc) is 3.26. The van der Waals surface area contributed by atoms with E-state index in [1.165, 1.54) is 12.5 Å². The lowest BCUT2D eigenvalue weighted by Crippen LogP contribution is -2.35. The predicted octanol–water partition coefficient (Wildman–Crippen LogP) is 1.50. The Kier molecular flexibility index (Phi) is 4.55. The minimum absolute atomic E-state index is 0.0992. The summed E-state index contributed by atoms with van der Waals surface area (Å²) in [6.07, 6.45) is 4.60. The molecule has 0 saturated heterocycles. The summed E-state index contributed by atoms with van der Waals surface area (Å²) in [7, 11) is 1.61. The number of ether oxygens (including phenoxy) is 1. The molecule has 2 aromatic heterocycles. The number of rotatable bonds is 6. The molecule has 0 unspecified atom stereocenters. The van der Waals surface area contributed by atoms with E-state index in [-0.39, 0.29) is 11.9 Å². The summed E-state index contributed by atoms with van der Waals surface area (Å²) < 4.78 is 6.82. The maximum Gasteiger partial charge on any atom is 0.255 e. The minimum atomic E-state index is -0.192. The number of carbonyl (C=O) groups is 1. The van der Waals surface area contributed by atoms with Crippen LogP contribution < -0.4 is 10.1 Å². The Morgan fingerprint density at radius 2 is 2.17 bits per heavy atom. The second kappa shape index (κ2) is 6.95. The largest absolute Gasteiger partial charge is 0.497 e. The van der Waals surface area contributed by atoms with E-state index >= 15 is 0 Å². The number of carbonyl (C=O) groups excluding carboxylic acids is 1. The standard InChI is InChI=1S/C16H18N6O2/c1-11(8-22-10-17-9-19-22)20-16(23)14-7-18-21-15(14)12-3-5-13(24-2)6-4-12/h3-7,9-11H,8H2,1-2H3,(H,18,21)(H,20,23)/t11-/m1/s1. The average molecular weight is 326 g/mol. The number of nitrogens with zero attached hydrogens (tertiary/aromatic N) is 4. The Balaban J connectivity index is 1.72. The van der Waals surface area contributed by atoms with Crippen LogP contribution in [0.1, 0.15) is 17.3 Å². The van der Waals surface area contributed by atoms with Crippen LogP contribution in [0.4, 0.5) is 0 Å². The van der Waals surface area contributed by atoms with E-state index in [4.69, 9.17) is 4.74 Å². The van der Waals surface area contributed by atoms with E-state index in [1.807, 2.05) is 31.2 Å². The fraction of sp³-hybridized carbons (Fsp3) is 0.250. The van der Waals surface area contributed by atoms with Gasteiger partial charge in [0, 0.05) is 11.6 Å². The Hall–Kier alpha value is -3.16. The third kappa shape index (κ3) is 3.43. The Morgan fingerprint density at radius 3 is 2.83 bits per heavy atom. The third-order valence-electron chi connectivity index (χ3n) is 3.57. The SMILES string of the molecule is COc1ccc(-c2[nH]ncc2C(=O)N[C@H](C)Cn2cncn2)cc1. The van der Waals surface area contributed by atoms with Crippen molar-refractivity contribution in [3.05, 3.63) is 48.7 Å². The van der Waals surface area contributed by atoms with Gasteiger partial charge in [-0.1, -0.05) is 0 Å².